The first-order chi connectivity index (χ1) is 8.31. The Morgan fingerprint density at radius 3 is 2.44 bits per heavy atom. The van der Waals surface area contributed by atoms with Crippen molar-refractivity contribution in [1.29, 1.82) is 0 Å². The number of rotatable bonds is 5. The molecule has 2 nitrogen and oxygen atoms in total. The average molecular weight is 268 g/mol. The third-order valence-corrected chi connectivity index (χ3v) is 3.57. The Hall–Kier alpha value is -1.00. The minimum absolute atomic E-state index is 0.232. The molecule has 1 aromatic rings. The van der Waals surface area contributed by atoms with Gasteiger partial charge in [-0.05, 0) is 43.7 Å². The highest BCUT2D eigenvalue weighted by molar-refractivity contribution is 7.80. The highest BCUT2D eigenvalue weighted by Gasteiger charge is 2.14. The summed E-state index contributed by atoms with van der Waals surface area (Å²) >= 11 is 4.89. The molecule has 1 rings (SSSR count). The minimum atomic E-state index is -0.291. The van der Waals surface area contributed by atoms with E-state index in [1.807, 2.05) is 13.1 Å². The van der Waals surface area contributed by atoms with Gasteiger partial charge in [-0.2, -0.15) is 0 Å². The molecule has 0 aliphatic heterocycles. The largest absolute Gasteiger partial charge is 0.389 e. The maximum atomic E-state index is 13.5. The summed E-state index contributed by atoms with van der Waals surface area (Å²) in [6, 6.07) is 5.19. The van der Waals surface area contributed by atoms with Gasteiger partial charge in [0.1, 0.15) is 10.8 Å². The maximum absolute atomic E-state index is 13.5. The van der Waals surface area contributed by atoms with Gasteiger partial charge in [0.2, 0.25) is 0 Å². The van der Waals surface area contributed by atoms with Crippen molar-refractivity contribution < 1.29 is 4.39 Å². The van der Waals surface area contributed by atoms with Crippen LogP contribution in [-0.4, -0.2) is 23.0 Å². The summed E-state index contributed by atoms with van der Waals surface area (Å²) in [5.41, 5.74) is 7.03. The zero-order valence-electron chi connectivity index (χ0n) is 11.4. The fourth-order valence-electron chi connectivity index (χ4n) is 1.82. The number of thiocarbonyl (C=S) groups is 1. The van der Waals surface area contributed by atoms with E-state index in [0.717, 1.165) is 5.56 Å². The Morgan fingerprint density at radius 2 is 1.94 bits per heavy atom. The van der Waals surface area contributed by atoms with Crippen LogP contribution < -0.4 is 5.73 Å². The molecule has 0 radical (unpaired) electrons. The standard InChI is InChI=1S/C14H21FN2S/c1-9(2)10(3)17(4)8-11-5-12(14(16)18)7-13(15)6-11/h5-7,9-10H,8H2,1-4H3,(H2,16,18). The molecule has 0 saturated heterocycles. The van der Waals surface area contributed by atoms with Gasteiger partial charge in [-0.3, -0.25) is 4.90 Å². The number of nitrogens with two attached hydrogens (primary N) is 1. The number of nitrogens with zero attached hydrogens (tertiary/aromatic N) is 1. The van der Waals surface area contributed by atoms with Crippen LogP contribution in [0, 0.1) is 11.7 Å². The molecule has 0 bridgehead atoms. The molecule has 0 fully saturated rings. The van der Waals surface area contributed by atoms with Gasteiger partial charge in [0.05, 0.1) is 0 Å². The number of benzene rings is 1. The van der Waals surface area contributed by atoms with E-state index in [0.29, 0.717) is 24.1 Å². The Kier molecular flexibility index (Phi) is 5.23. The van der Waals surface area contributed by atoms with Crippen molar-refractivity contribution in [2.45, 2.75) is 33.4 Å². The first-order valence-electron chi connectivity index (χ1n) is 6.10. The molecule has 0 aromatic heterocycles. The predicted molar refractivity (Wildman–Crippen MR) is 78.1 cm³/mol. The lowest BCUT2D eigenvalue weighted by atomic mass is 10.0. The summed E-state index contributed by atoms with van der Waals surface area (Å²) in [7, 11) is 2.04. The van der Waals surface area contributed by atoms with E-state index in [1.165, 1.54) is 12.1 Å². The Labute approximate surface area is 114 Å². The van der Waals surface area contributed by atoms with Crippen molar-refractivity contribution in [2.24, 2.45) is 11.7 Å². The average Bonchev–Trinajstić information content (AvgIpc) is 2.26. The van der Waals surface area contributed by atoms with Gasteiger partial charge >= 0.3 is 0 Å². The number of hydrogen-bond acceptors (Lipinski definition) is 2. The predicted octanol–water partition coefficient (Wildman–Crippen LogP) is 2.94. The molecule has 2 N–H and O–H groups in total. The molecule has 0 aliphatic carbocycles. The Balaban J connectivity index is 2.87. The molecule has 0 spiro atoms. The topological polar surface area (TPSA) is 29.3 Å². The summed E-state index contributed by atoms with van der Waals surface area (Å²) in [5.74, 6) is 0.263. The summed E-state index contributed by atoms with van der Waals surface area (Å²) in [6.07, 6.45) is 0. The molecule has 1 unspecified atom stereocenters. The molecular formula is C14H21FN2S. The second kappa shape index (κ2) is 6.25. The summed E-state index contributed by atoms with van der Waals surface area (Å²) < 4.78 is 13.5. The number of halogens is 1. The molecule has 100 valence electrons. The molecule has 1 atom stereocenters. The fraction of sp³-hybridized carbons (Fsp3) is 0.500. The highest BCUT2D eigenvalue weighted by atomic mass is 32.1. The Morgan fingerprint density at radius 1 is 1.33 bits per heavy atom. The quantitative estimate of drug-likeness (QED) is 0.833. The minimum Gasteiger partial charge on any atom is -0.389 e. The fourth-order valence-corrected chi connectivity index (χ4v) is 1.94. The van der Waals surface area contributed by atoms with Crippen LogP contribution in [0.1, 0.15) is 31.9 Å². The zero-order chi connectivity index (χ0) is 13.9. The van der Waals surface area contributed by atoms with E-state index >= 15 is 0 Å². The third-order valence-electron chi connectivity index (χ3n) is 3.33. The van der Waals surface area contributed by atoms with Gasteiger partial charge in [0.15, 0.2) is 0 Å². The molecular weight excluding hydrogens is 247 g/mol. The normalized spacial score (nSPS) is 13.1. The SMILES string of the molecule is CC(C)C(C)N(C)Cc1cc(F)cc(C(N)=S)c1. The van der Waals surface area contributed by atoms with E-state index in [4.69, 9.17) is 18.0 Å². The molecule has 0 heterocycles. The summed E-state index contributed by atoms with van der Waals surface area (Å²) in [6.45, 7) is 7.20. The van der Waals surface area contributed by atoms with Gasteiger partial charge in [-0.1, -0.05) is 26.1 Å². The van der Waals surface area contributed by atoms with Gasteiger partial charge in [0, 0.05) is 18.2 Å². The van der Waals surface area contributed by atoms with Gasteiger partial charge in [-0.15, -0.1) is 0 Å². The van der Waals surface area contributed by atoms with Crippen molar-refractivity contribution >= 4 is 17.2 Å². The van der Waals surface area contributed by atoms with Crippen LogP contribution in [0.3, 0.4) is 0 Å². The lowest BCUT2D eigenvalue weighted by molar-refractivity contribution is 0.200. The summed E-state index contributed by atoms with van der Waals surface area (Å²) in [5, 5.41) is 0. The monoisotopic (exact) mass is 268 g/mol. The van der Waals surface area contributed by atoms with Crippen molar-refractivity contribution in [3.8, 4) is 0 Å². The number of hydrogen-bond donors (Lipinski definition) is 1. The molecule has 18 heavy (non-hydrogen) atoms. The van der Waals surface area contributed by atoms with Crippen LogP contribution in [0.4, 0.5) is 4.39 Å². The highest BCUT2D eigenvalue weighted by Crippen LogP contribution is 2.15. The molecule has 1 aromatic carbocycles. The van der Waals surface area contributed by atoms with Crippen LogP contribution in [0.2, 0.25) is 0 Å². The second-order valence-electron chi connectivity index (χ2n) is 5.11. The van der Waals surface area contributed by atoms with E-state index in [2.05, 4.69) is 25.7 Å². The molecule has 0 aliphatic rings. The van der Waals surface area contributed by atoms with Crippen LogP contribution >= 0.6 is 12.2 Å². The third kappa shape index (κ3) is 4.03. The zero-order valence-corrected chi connectivity index (χ0v) is 12.2. The smallest absolute Gasteiger partial charge is 0.124 e. The van der Waals surface area contributed by atoms with Crippen molar-refractivity contribution in [1.82, 2.24) is 4.90 Å². The summed E-state index contributed by atoms with van der Waals surface area (Å²) in [4.78, 5) is 2.43. The van der Waals surface area contributed by atoms with Crippen molar-refractivity contribution in [3.05, 3.63) is 35.1 Å². The van der Waals surface area contributed by atoms with E-state index in [-0.39, 0.29) is 10.8 Å². The van der Waals surface area contributed by atoms with Crippen LogP contribution in [0.25, 0.3) is 0 Å². The lowest BCUT2D eigenvalue weighted by Crippen LogP contribution is -2.32. The molecule has 0 saturated carbocycles. The van der Waals surface area contributed by atoms with Crippen LogP contribution in [0.5, 0.6) is 0 Å². The first-order valence-corrected chi connectivity index (χ1v) is 6.51. The van der Waals surface area contributed by atoms with Gasteiger partial charge in [-0.25, -0.2) is 4.39 Å². The van der Waals surface area contributed by atoms with Crippen LogP contribution in [0.15, 0.2) is 18.2 Å². The van der Waals surface area contributed by atoms with E-state index in [9.17, 15) is 4.39 Å². The van der Waals surface area contributed by atoms with Crippen molar-refractivity contribution in [3.63, 3.8) is 0 Å². The van der Waals surface area contributed by atoms with E-state index < -0.39 is 0 Å². The lowest BCUT2D eigenvalue weighted by Gasteiger charge is -2.28. The van der Waals surface area contributed by atoms with Gasteiger partial charge in [0.25, 0.3) is 0 Å². The van der Waals surface area contributed by atoms with Gasteiger partial charge < -0.3 is 5.73 Å². The molecule has 0 amide bonds. The van der Waals surface area contributed by atoms with Crippen molar-refractivity contribution in [2.75, 3.05) is 7.05 Å². The first kappa shape index (κ1) is 15.1. The molecule has 4 heteroatoms. The maximum Gasteiger partial charge on any atom is 0.124 e. The van der Waals surface area contributed by atoms with Crippen LogP contribution in [-0.2, 0) is 6.54 Å². The second-order valence-corrected chi connectivity index (χ2v) is 5.55. The van der Waals surface area contributed by atoms with E-state index in [1.54, 1.807) is 0 Å². The Bertz CT molecular complexity index is 432.